The number of hydrogen-bond donors (Lipinski definition) is 1. The summed E-state index contributed by atoms with van der Waals surface area (Å²) < 4.78 is 27.2. The second-order valence-corrected chi connectivity index (χ2v) is 10.4. The predicted octanol–water partition coefficient (Wildman–Crippen LogP) is 3.95. The first-order valence-corrected chi connectivity index (χ1v) is 11.1. The van der Waals surface area contributed by atoms with Gasteiger partial charge in [-0.1, -0.05) is 11.6 Å². The first-order valence-electron chi connectivity index (χ1n) is 9.58. The Balaban J connectivity index is 1.84. The number of benzene rings is 1. The minimum atomic E-state index is -1.19. The van der Waals surface area contributed by atoms with Gasteiger partial charge in [0, 0.05) is 35.6 Å². The van der Waals surface area contributed by atoms with Crippen LogP contribution in [0.5, 0.6) is 0 Å². The molecule has 150 valence electrons. The number of nitrogens with zero attached hydrogens (tertiary/aromatic N) is 1. The number of ether oxygens (including phenoxy) is 2. The molecule has 0 bridgehead atoms. The fraction of sp³-hybridized carbons (Fsp3) is 0.650. The summed E-state index contributed by atoms with van der Waals surface area (Å²) in [7, 11) is 0. The topological polar surface area (TPSA) is 65.9 Å². The van der Waals surface area contributed by atoms with Crippen molar-refractivity contribution in [1.29, 1.82) is 0 Å². The molecule has 1 unspecified atom stereocenters. The Kier molecular flexibility index (Phi) is 7.22. The first-order chi connectivity index (χ1) is 12.8. The number of nitrogens with one attached hydrogen (secondary N) is 1. The van der Waals surface area contributed by atoms with Crippen molar-refractivity contribution in [2.24, 2.45) is 4.99 Å². The number of aliphatic imine (C=N–C) groups is 1. The molecule has 0 saturated carbocycles. The molecule has 1 aromatic rings. The highest BCUT2D eigenvalue weighted by atomic mass is 35.5. The van der Waals surface area contributed by atoms with Crippen LogP contribution in [0.2, 0.25) is 5.02 Å². The molecule has 1 N–H and O–H groups in total. The van der Waals surface area contributed by atoms with Crippen LogP contribution in [0.25, 0.3) is 0 Å². The van der Waals surface area contributed by atoms with Gasteiger partial charge in [0.2, 0.25) is 0 Å². The van der Waals surface area contributed by atoms with E-state index in [0.29, 0.717) is 5.02 Å². The van der Waals surface area contributed by atoms with Crippen molar-refractivity contribution in [2.75, 3.05) is 19.8 Å². The Morgan fingerprint density at radius 2 is 2.07 bits per heavy atom. The summed E-state index contributed by atoms with van der Waals surface area (Å²) in [6, 6.07) is 3.87. The van der Waals surface area contributed by atoms with E-state index in [1.54, 1.807) is 0 Å². The van der Waals surface area contributed by atoms with Gasteiger partial charge in [0.25, 0.3) is 0 Å². The zero-order valence-electron chi connectivity index (χ0n) is 16.3. The second kappa shape index (κ2) is 9.25. The molecule has 2 aliphatic rings. The Morgan fingerprint density at radius 3 is 2.78 bits per heavy atom. The predicted molar refractivity (Wildman–Crippen MR) is 111 cm³/mol. The van der Waals surface area contributed by atoms with Crippen molar-refractivity contribution in [2.45, 2.75) is 63.5 Å². The van der Waals surface area contributed by atoms with Crippen LogP contribution >= 0.6 is 11.6 Å². The van der Waals surface area contributed by atoms with E-state index in [9.17, 15) is 4.55 Å². The summed E-state index contributed by atoms with van der Waals surface area (Å²) in [6.07, 6.45) is 5.01. The molecule has 1 aromatic carbocycles. The number of halogens is 1. The van der Waals surface area contributed by atoms with E-state index in [1.807, 2.05) is 39.1 Å². The molecule has 0 radical (unpaired) electrons. The number of hydrogen-bond acceptors (Lipinski definition) is 5. The van der Waals surface area contributed by atoms with Crippen LogP contribution in [0.1, 0.15) is 62.8 Å². The van der Waals surface area contributed by atoms with E-state index < -0.39 is 11.4 Å². The second-order valence-electron chi connectivity index (χ2n) is 8.00. The molecule has 2 atom stereocenters. The molecule has 0 aliphatic carbocycles. The molecule has 1 fully saturated rings. The highest BCUT2D eigenvalue weighted by Crippen LogP contribution is 2.32. The summed E-state index contributed by atoms with van der Waals surface area (Å²) in [5.74, 6) is 0. The highest BCUT2D eigenvalue weighted by Gasteiger charge is 2.32. The fourth-order valence-corrected chi connectivity index (χ4v) is 4.42. The van der Waals surface area contributed by atoms with Gasteiger partial charge in [-0.15, -0.1) is 4.72 Å². The zero-order valence-corrected chi connectivity index (χ0v) is 17.9. The van der Waals surface area contributed by atoms with Gasteiger partial charge in [-0.25, -0.2) is 0 Å². The molecular weight excluding hydrogens is 384 g/mol. The maximum absolute atomic E-state index is 12.8. The van der Waals surface area contributed by atoms with Crippen molar-refractivity contribution in [3.8, 4) is 0 Å². The summed E-state index contributed by atoms with van der Waals surface area (Å²) in [5, 5.41) is 0.676. The van der Waals surface area contributed by atoms with Crippen LogP contribution in [-0.4, -0.2) is 41.6 Å². The van der Waals surface area contributed by atoms with Crippen LogP contribution in [0.3, 0.4) is 0 Å². The molecule has 0 amide bonds. The third-order valence-electron chi connectivity index (χ3n) is 4.77. The summed E-state index contributed by atoms with van der Waals surface area (Å²) in [5.41, 5.74) is 3.41. The lowest BCUT2D eigenvalue weighted by molar-refractivity contribution is -0.182. The van der Waals surface area contributed by atoms with Gasteiger partial charge in [0.15, 0.2) is 6.29 Å². The maximum Gasteiger partial charge on any atom is 0.157 e. The molecule has 0 spiro atoms. The fourth-order valence-electron chi connectivity index (χ4n) is 3.32. The van der Waals surface area contributed by atoms with E-state index in [-0.39, 0.29) is 17.1 Å². The van der Waals surface area contributed by atoms with Crippen LogP contribution in [0.15, 0.2) is 17.1 Å². The van der Waals surface area contributed by atoms with Crippen molar-refractivity contribution >= 4 is 29.2 Å². The number of fused-ring (bicyclic) bond motifs is 1. The molecule has 0 aromatic heterocycles. The first kappa shape index (κ1) is 21.1. The lowest BCUT2D eigenvalue weighted by Gasteiger charge is -2.31. The minimum absolute atomic E-state index is 0.0851. The quantitative estimate of drug-likeness (QED) is 0.718. The zero-order chi connectivity index (χ0) is 19.4. The smallest absolute Gasteiger partial charge is 0.157 e. The Morgan fingerprint density at radius 1 is 1.33 bits per heavy atom. The molecule has 1 saturated heterocycles. The van der Waals surface area contributed by atoms with Crippen LogP contribution < -0.4 is 4.72 Å². The Labute approximate surface area is 170 Å². The van der Waals surface area contributed by atoms with E-state index >= 15 is 0 Å². The highest BCUT2D eigenvalue weighted by molar-refractivity contribution is 7.90. The lowest BCUT2D eigenvalue weighted by atomic mass is 9.91. The van der Waals surface area contributed by atoms with Gasteiger partial charge >= 0.3 is 0 Å². The van der Waals surface area contributed by atoms with Crippen LogP contribution in [-0.2, 0) is 27.3 Å². The van der Waals surface area contributed by atoms with Gasteiger partial charge in [0.1, 0.15) is 4.75 Å². The third-order valence-corrected chi connectivity index (χ3v) is 6.60. The largest absolute Gasteiger partial charge is 0.598 e. The SMILES string of the molecule is CC(C)(C)[S@+]([O-])NC(CCC1OCCCO1)c1cc(Cl)cc2c1CCN=C2. The minimum Gasteiger partial charge on any atom is -0.598 e. The van der Waals surface area contributed by atoms with Gasteiger partial charge in [-0.3, -0.25) is 4.99 Å². The molecular formula is C20H29ClN2O3S. The summed E-state index contributed by atoms with van der Waals surface area (Å²) in [6.45, 7) is 8.16. The van der Waals surface area contributed by atoms with Crippen LogP contribution in [0, 0.1) is 0 Å². The van der Waals surface area contributed by atoms with Gasteiger partial charge in [0.05, 0.1) is 19.3 Å². The van der Waals surface area contributed by atoms with E-state index in [4.69, 9.17) is 21.1 Å². The van der Waals surface area contributed by atoms with Gasteiger partial charge in [-0.2, -0.15) is 0 Å². The molecule has 2 heterocycles. The van der Waals surface area contributed by atoms with Crippen molar-refractivity contribution in [3.63, 3.8) is 0 Å². The summed E-state index contributed by atoms with van der Waals surface area (Å²) >= 11 is 5.20. The van der Waals surface area contributed by atoms with Crippen molar-refractivity contribution in [1.82, 2.24) is 4.72 Å². The Hall–Kier alpha value is -0.630. The lowest BCUT2D eigenvalue weighted by Crippen LogP contribution is -2.42. The molecule has 27 heavy (non-hydrogen) atoms. The van der Waals surface area contributed by atoms with E-state index in [1.165, 1.54) is 5.56 Å². The maximum atomic E-state index is 12.8. The summed E-state index contributed by atoms with van der Waals surface area (Å²) in [4.78, 5) is 4.38. The van der Waals surface area contributed by atoms with E-state index in [2.05, 4.69) is 9.71 Å². The van der Waals surface area contributed by atoms with Crippen molar-refractivity contribution < 1.29 is 14.0 Å². The average molecular weight is 413 g/mol. The normalized spacial score (nSPS) is 20.3. The standard InChI is InChI=1S/C20H29ClN2O3S/c1-20(2,3)27(24)23-18(5-6-19-25-9-4-10-26-19)17-12-15(21)11-14-13-22-8-7-16(14)17/h11-13,18-19,23H,4-10H2,1-3H3/t18?,27-/m0/s1. The third kappa shape index (κ3) is 5.68. The number of rotatable bonds is 6. The Bertz CT molecular complexity index is 672. The van der Waals surface area contributed by atoms with Gasteiger partial charge in [-0.05, 0) is 68.9 Å². The van der Waals surface area contributed by atoms with E-state index in [0.717, 1.165) is 56.6 Å². The molecule has 7 heteroatoms. The van der Waals surface area contributed by atoms with Crippen LogP contribution in [0.4, 0.5) is 0 Å². The molecule has 5 nitrogen and oxygen atoms in total. The monoisotopic (exact) mass is 412 g/mol. The molecule has 2 aliphatic heterocycles. The average Bonchev–Trinajstić information content (AvgIpc) is 2.64. The molecule has 3 rings (SSSR count). The van der Waals surface area contributed by atoms with Gasteiger partial charge < -0.3 is 14.0 Å². The van der Waals surface area contributed by atoms with Crippen molar-refractivity contribution in [3.05, 3.63) is 33.8 Å².